The number of carbonyl (C=O) groups is 1. The molecule has 0 radical (unpaired) electrons. The molecule has 0 spiro atoms. The van der Waals surface area contributed by atoms with E-state index in [0.717, 1.165) is 6.07 Å². The average molecular weight is 317 g/mol. The Kier molecular flexibility index (Phi) is 4.76. The lowest BCUT2D eigenvalue weighted by atomic mass is 10.0. The summed E-state index contributed by atoms with van der Waals surface area (Å²) in [6, 6.07) is 5.51. The van der Waals surface area contributed by atoms with Crippen LogP contribution in [0.25, 0.3) is 0 Å². The van der Waals surface area contributed by atoms with Gasteiger partial charge in [0.15, 0.2) is 0 Å². The Labute approximate surface area is 122 Å². The van der Waals surface area contributed by atoms with Gasteiger partial charge in [0.05, 0.1) is 21.9 Å². The minimum atomic E-state index is -3.92. The molecule has 0 aliphatic heterocycles. The third-order valence-electron chi connectivity index (χ3n) is 2.38. The number of carboxylic acid groups (broad SMARTS) is 1. The molecule has 0 bridgehead atoms. The zero-order valence-corrected chi connectivity index (χ0v) is 12.4. The van der Waals surface area contributed by atoms with E-state index in [-0.39, 0.29) is 21.9 Å². The van der Waals surface area contributed by atoms with E-state index in [1.165, 1.54) is 26.0 Å². The summed E-state index contributed by atoms with van der Waals surface area (Å²) in [6.07, 6.45) is -0.365. The predicted molar refractivity (Wildman–Crippen MR) is 72.8 cm³/mol. The molecule has 0 heterocycles. The molecule has 1 aromatic rings. The highest BCUT2D eigenvalue weighted by atomic mass is 35.5. The van der Waals surface area contributed by atoms with E-state index >= 15 is 0 Å². The van der Waals surface area contributed by atoms with Crippen molar-refractivity contribution in [3.63, 3.8) is 0 Å². The number of sulfonamides is 1. The minimum Gasteiger partial charge on any atom is -0.481 e. The van der Waals surface area contributed by atoms with E-state index in [4.69, 9.17) is 22.0 Å². The Bertz CT molecular complexity index is 677. The molecule has 0 amide bonds. The van der Waals surface area contributed by atoms with Crippen LogP contribution >= 0.6 is 11.6 Å². The van der Waals surface area contributed by atoms with Crippen LogP contribution in [0.15, 0.2) is 23.1 Å². The van der Waals surface area contributed by atoms with Gasteiger partial charge in [0.2, 0.25) is 10.0 Å². The number of nitriles is 1. The number of aliphatic carboxylic acids is 1. The molecule has 1 rings (SSSR count). The second-order valence-corrected chi connectivity index (χ2v) is 6.90. The van der Waals surface area contributed by atoms with E-state index < -0.39 is 21.5 Å². The molecule has 108 valence electrons. The van der Waals surface area contributed by atoms with Crippen molar-refractivity contribution in [1.29, 1.82) is 5.26 Å². The van der Waals surface area contributed by atoms with Crippen LogP contribution in [0.1, 0.15) is 25.8 Å². The Balaban J connectivity index is 3.09. The molecule has 0 aliphatic rings. The highest BCUT2D eigenvalue weighted by Gasteiger charge is 2.28. The molecule has 0 aliphatic carbocycles. The molecule has 0 unspecified atom stereocenters. The largest absolute Gasteiger partial charge is 0.481 e. The molecular formula is C12H13ClN2O4S. The highest BCUT2D eigenvalue weighted by Crippen LogP contribution is 2.22. The van der Waals surface area contributed by atoms with E-state index in [1.807, 2.05) is 6.07 Å². The summed E-state index contributed by atoms with van der Waals surface area (Å²) in [5, 5.41) is 17.5. The number of rotatable bonds is 5. The molecular weight excluding hydrogens is 304 g/mol. The van der Waals surface area contributed by atoms with Gasteiger partial charge in [-0.05, 0) is 32.0 Å². The van der Waals surface area contributed by atoms with Crippen LogP contribution in [0.3, 0.4) is 0 Å². The SMILES string of the molecule is CC(C)(CC(=O)O)NS(=O)(=O)c1ccc(C#N)c(Cl)c1. The summed E-state index contributed by atoms with van der Waals surface area (Å²) in [6.45, 7) is 2.92. The molecule has 2 N–H and O–H groups in total. The van der Waals surface area contributed by atoms with Gasteiger partial charge in [0.1, 0.15) is 6.07 Å². The summed E-state index contributed by atoms with van der Waals surface area (Å²) in [7, 11) is -3.92. The summed E-state index contributed by atoms with van der Waals surface area (Å²) in [5.41, 5.74) is -0.985. The van der Waals surface area contributed by atoms with Crippen molar-refractivity contribution >= 4 is 27.6 Å². The van der Waals surface area contributed by atoms with Crippen LogP contribution in [0.2, 0.25) is 5.02 Å². The van der Waals surface area contributed by atoms with Crippen molar-refractivity contribution in [2.24, 2.45) is 0 Å². The van der Waals surface area contributed by atoms with Gasteiger partial charge in [0.25, 0.3) is 0 Å². The first kappa shape index (κ1) is 16.4. The van der Waals surface area contributed by atoms with Crippen LogP contribution in [0, 0.1) is 11.3 Å². The van der Waals surface area contributed by atoms with Crippen molar-refractivity contribution in [3.8, 4) is 6.07 Å². The Morgan fingerprint density at radius 2 is 2.10 bits per heavy atom. The normalized spacial score (nSPS) is 11.9. The summed E-state index contributed by atoms with van der Waals surface area (Å²) < 4.78 is 26.6. The summed E-state index contributed by atoms with van der Waals surface area (Å²) in [4.78, 5) is 10.6. The number of halogens is 1. The number of hydrogen-bond donors (Lipinski definition) is 2. The summed E-state index contributed by atoms with van der Waals surface area (Å²) in [5.74, 6) is -1.12. The molecule has 8 heteroatoms. The van der Waals surface area contributed by atoms with Gasteiger partial charge in [-0.2, -0.15) is 5.26 Å². The van der Waals surface area contributed by atoms with Crippen molar-refractivity contribution < 1.29 is 18.3 Å². The van der Waals surface area contributed by atoms with Crippen LogP contribution in [0.4, 0.5) is 0 Å². The number of nitrogens with zero attached hydrogens (tertiary/aromatic N) is 1. The fourth-order valence-electron chi connectivity index (χ4n) is 1.59. The smallest absolute Gasteiger partial charge is 0.305 e. The van der Waals surface area contributed by atoms with Crippen molar-refractivity contribution in [2.45, 2.75) is 30.7 Å². The number of benzene rings is 1. The zero-order chi connectivity index (χ0) is 15.6. The van der Waals surface area contributed by atoms with Crippen LogP contribution in [-0.2, 0) is 14.8 Å². The highest BCUT2D eigenvalue weighted by molar-refractivity contribution is 7.89. The summed E-state index contributed by atoms with van der Waals surface area (Å²) >= 11 is 5.78. The first-order chi connectivity index (χ1) is 9.07. The fourth-order valence-corrected chi connectivity index (χ4v) is 3.32. The van der Waals surface area contributed by atoms with Crippen LogP contribution in [-0.4, -0.2) is 25.0 Å². The third-order valence-corrected chi connectivity index (χ3v) is 4.38. The molecule has 0 aromatic heterocycles. The first-order valence-electron chi connectivity index (χ1n) is 5.53. The third kappa shape index (κ3) is 4.20. The molecule has 0 saturated heterocycles. The maximum absolute atomic E-state index is 12.1. The second kappa shape index (κ2) is 5.79. The lowest BCUT2D eigenvalue weighted by molar-refractivity contribution is -0.138. The minimum absolute atomic E-state index is 0.0198. The van der Waals surface area contributed by atoms with Crippen LogP contribution < -0.4 is 4.72 Å². The number of carboxylic acids is 1. The Morgan fingerprint density at radius 3 is 2.55 bits per heavy atom. The lowest BCUT2D eigenvalue weighted by Gasteiger charge is -2.24. The van der Waals surface area contributed by atoms with Gasteiger partial charge in [-0.1, -0.05) is 11.6 Å². The number of hydrogen-bond acceptors (Lipinski definition) is 4. The van der Waals surface area contributed by atoms with Gasteiger partial charge in [0, 0.05) is 5.54 Å². The predicted octanol–water partition coefficient (Wildman–Crippen LogP) is 1.74. The quantitative estimate of drug-likeness (QED) is 0.860. The molecule has 20 heavy (non-hydrogen) atoms. The monoisotopic (exact) mass is 316 g/mol. The maximum Gasteiger partial charge on any atom is 0.305 e. The first-order valence-corrected chi connectivity index (χ1v) is 7.39. The van der Waals surface area contributed by atoms with Crippen molar-refractivity contribution in [1.82, 2.24) is 4.72 Å². The molecule has 0 saturated carbocycles. The van der Waals surface area contributed by atoms with Gasteiger partial charge >= 0.3 is 5.97 Å². The average Bonchev–Trinajstić information content (AvgIpc) is 2.25. The lowest BCUT2D eigenvalue weighted by Crippen LogP contribution is -2.44. The fraction of sp³-hybridized carbons (Fsp3) is 0.333. The molecule has 0 fully saturated rings. The van der Waals surface area contributed by atoms with Gasteiger partial charge < -0.3 is 5.11 Å². The topological polar surface area (TPSA) is 107 Å². The molecule has 0 atom stereocenters. The maximum atomic E-state index is 12.1. The molecule has 6 nitrogen and oxygen atoms in total. The van der Waals surface area contributed by atoms with Gasteiger partial charge in [-0.25, -0.2) is 13.1 Å². The van der Waals surface area contributed by atoms with Crippen LogP contribution in [0.5, 0.6) is 0 Å². The zero-order valence-electron chi connectivity index (χ0n) is 10.8. The van der Waals surface area contributed by atoms with Gasteiger partial charge in [-0.15, -0.1) is 0 Å². The van der Waals surface area contributed by atoms with E-state index in [9.17, 15) is 13.2 Å². The Morgan fingerprint density at radius 1 is 1.50 bits per heavy atom. The molecule has 1 aromatic carbocycles. The van der Waals surface area contributed by atoms with E-state index in [1.54, 1.807) is 0 Å². The number of nitrogens with one attached hydrogen (secondary N) is 1. The van der Waals surface area contributed by atoms with E-state index in [2.05, 4.69) is 4.72 Å². The second-order valence-electron chi connectivity index (χ2n) is 4.81. The van der Waals surface area contributed by atoms with E-state index in [0.29, 0.717) is 0 Å². The Hall–Kier alpha value is -1.62. The van der Waals surface area contributed by atoms with Gasteiger partial charge in [-0.3, -0.25) is 4.79 Å². The van der Waals surface area contributed by atoms with Crippen molar-refractivity contribution in [2.75, 3.05) is 0 Å². The van der Waals surface area contributed by atoms with Crippen molar-refractivity contribution in [3.05, 3.63) is 28.8 Å². The standard InChI is InChI=1S/C12H13ClN2O4S/c1-12(2,6-11(16)17)15-20(18,19)9-4-3-8(7-14)10(13)5-9/h3-5,15H,6H2,1-2H3,(H,16,17).